The van der Waals surface area contributed by atoms with Crippen LogP contribution in [0.3, 0.4) is 0 Å². The first kappa shape index (κ1) is 11.5. The van der Waals surface area contributed by atoms with Gasteiger partial charge in [0, 0.05) is 11.6 Å². The lowest BCUT2D eigenvalue weighted by Crippen LogP contribution is -2.24. The zero-order chi connectivity index (χ0) is 14.4. The van der Waals surface area contributed by atoms with Crippen LogP contribution in [0.4, 0.5) is 0 Å². The Morgan fingerprint density at radius 3 is 2.62 bits per heavy atom. The lowest BCUT2D eigenvalue weighted by atomic mass is 10.2. The number of H-pyrrole nitrogens is 2. The van der Waals surface area contributed by atoms with Gasteiger partial charge in [-0.15, -0.1) is 10.2 Å². The molecule has 0 atom stereocenters. The molecule has 8 heteroatoms. The molecule has 8 nitrogen and oxygen atoms in total. The van der Waals surface area contributed by atoms with Crippen LogP contribution in [0.15, 0.2) is 46.0 Å². The van der Waals surface area contributed by atoms with Crippen molar-refractivity contribution in [1.29, 1.82) is 0 Å². The molecule has 3 heterocycles. The smallest absolute Gasteiger partial charge is 0.290 e. The number of aromatic amines is 2. The fourth-order valence-electron chi connectivity index (χ4n) is 2.17. The van der Waals surface area contributed by atoms with E-state index in [1.807, 2.05) is 30.3 Å². The van der Waals surface area contributed by atoms with Gasteiger partial charge >= 0.3 is 5.69 Å². The summed E-state index contributed by atoms with van der Waals surface area (Å²) < 4.78 is 1.40. The summed E-state index contributed by atoms with van der Waals surface area (Å²) in [6, 6.07) is 11.3. The number of benzene rings is 1. The Bertz CT molecular complexity index is 1080. The number of fused-ring (bicyclic) bond motifs is 3. The molecule has 0 spiro atoms. The molecule has 0 saturated carbocycles. The lowest BCUT2D eigenvalue weighted by Gasteiger charge is -1.97. The van der Waals surface area contributed by atoms with E-state index in [-0.39, 0.29) is 11.2 Å². The first-order valence-electron chi connectivity index (χ1n) is 6.16. The second-order valence-electron chi connectivity index (χ2n) is 4.47. The molecule has 0 fully saturated rings. The molecule has 0 radical (unpaired) electrons. The van der Waals surface area contributed by atoms with Gasteiger partial charge in [-0.2, -0.15) is 9.61 Å². The zero-order valence-corrected chi connectivity index (χ0v) is 10.6. The molecule has 1 aromatic carbocycles. The average molecular weight is 280 g/mol. The lowest BCUT2D eigenvalue weighted by molar-refractivity contribution is 0.902. The van der Waals surface area contributed by atoms with Crippen molar-refractivity contribution < 1.29 is 0 Å². The maximum Gasteiger partial charge on any atom is 0.327 e. The van der Waals surface area contributed by atoms with E-state index >= 15 is 0 Å². The molecule has 0 aliphatic heterocycles. The minimum Gasteiger partial charge on any atom is -0.290 e. The van der Waals surface area contributed by atoms with Crippen LogP contribution in [0.5, 0.6) is 0 Å². The van der Waals surface area contributed by atoms with Crippen LogP contribution >= 0.6 is 0 Å². The van der Waals surface area contributed by atoms with Crippen LogP contribution < -0.4 is 11.2 Å². The summed E-state index contributed by atoms with van der Waals surface area (Å²) in [6.45, 7) is 0. The van der Waals surface area contributed by atoms with Crippen molar-refractivity contribution >= 4 is 16.8 Å². The number of rotatable bonds is 1. The molecule has 0 bridgehead atoms. The van der Waals surface area contributed by atoms with E-state index in [9.17, 15) is 9.59 Å². The van der Waals surface area contributed by atoms with E-state index in [1.165, 1.54) is 4.52 Å². The van der Waals surface area contributed by atoms with E-state index in [1.54, 1.807) is 6.07 Å². The van der Waals surface area contributed by atoms with Crippen LogP contribution in [-0.2, 0) is 0 Å². The van der Waals surface area contributed by atoms with Gasteiger partial charge in [-0.3, -0.25) is 14.8 Å². The fraction of sp³-hybridized carbons (Fsp3) is 0. The number of nitrogens with zero attached hydrogens (tertiary/aromatic N) is 4. The van der Waals surface area contributed by atoms with Gasteiger partial charge in [0.1, 0.15) is 0 Å². The molecule has 0 aliphatic rings. The minimum atomic E-state index is -0.612. The predicted molar refractivity (Wildman–Crippen MR) is 75.0 cm³/mol. The van der Waals surface area contributed by atoms with Crippen molar-refractivity contribution in [3.8, 4) is 11.3 Å². The Morgan fingerprint density at radius 2 is 1.81 bits per heavy atom. The van der Waals surface area contributed by atoms with Crippen LogP contribution in [0.25, 0.3) is 28.1 Å². The molecule has 2 N–H and O–H groups in total. The van der Waals surface area contributed by atoms with Gasteiger partial charge in [-0.05, 0) is 0 Å². The molecular weight excluding hydrogens is 272 g/mol. The maximum atomic E-state index is 11.7. The van der Waals surface area contributed by atoms with E-state index in [0.717, 1.165) is 5.56 Å². The number of hydrogen-bond donors (Lipinski definition) is 2. The molecule has 21 heavy (non-hydrogen) atoms. The first-order valence-corrected chi connectivity index (χ1v) is 6.16. The summed E-state index contributed by atoms with van der Waals surface area (Å²) in [6.07, 6.45) is 0. The van der Waals surface area contributed by atoms with Gasteiger partial charge in [-0.25, -0.2) is 4.79 Å². The van der Waals surface area contributed by atoms with E-state index in [2.05, 4.69) is 25.3 Å². The summed E-state index contributed by atoms with van der Waals surface area (Å²) >= 11 is 0. The summed E-state index contributed by atoms with van der Waals surface area (Å²) in [7, 11) is 0. The minimum absolute atomic E-state index is 0.0322. The Hall–Kier alpha value is -3.29. The summed E-state index contributed by atoms with van der Waals surface area (Å²) in [5.74, 6) is 0. The van der Waals surface area contributed by atoms with Gasteiger partial charge in [-0.1, -0.05) is 30.3 Å². The van der Waals surface area contributed by atoms with Crippen molar-refractivity contribution in [2.45, 2.75) is 0 Å². The third kappa shape index (κ3) is 1.73. The molecule has 0 aliphatic carbocycles. The highest BCUT2D eigenvalue weighted by molar-refractivity contribution is 5.73. The van der Waals surface area contributed by atoms with Crippen molar-refractivity contribution in [1.82, 2.24) is 29.8 Å². The van der Waals surface area contributed by atoms with E-state index in [4.69, 9.17) is 0 Å². The Morgan fingerprint density at radius 1 is 1.00 bits per heavy atom. The molecule has 3 aromatic heterocycles. The van der Waals surface area contributed by atoms with Gasteiger partial charge in [0.2, 0.25) is 0 Å². The van der Waals surface area contributed by atoms with E-state index in [0.29, 0.717) is 11.3 Å². The third-order valence-electron chi connectivity index (χ3n) is 3.12. The zero-order valence-electron chi connectivity index (χ0n) is 10.6. The number of hydrogen-bond acceptors (Lipinski definition) is 5. The fourth-order valence-corrected chi connectivity index (χ4v) is 2.17. The molecule has 4 rings (SSSR count). The highest BCUT2D eigenvalue weighted by Crippen LogP contribution is 2.19. The topological polar surface area (TPSA) is 109 Å². The van der Waals surface area contributed by atoms with Crippen molar-refractivity contribution in [3.63, 3.8) is 0 Å². The molecular formula is C13H8N6O2. The highest BCUT2D eigenvalue weighted by Gasteiger charge is 2.11. The van der Waals surface area contributed by atoms with Gasteiger partial charge < -0.3 is 0 Å². The summed E-state index contributed by atoms with van der Waals surface area (Å²) in [5.41, 5.74) is 1.07. The SMILES string of the molecule is O=c1[nH]c(=O)c2nnc3cc(-c4ccccc4)nn3c2[nH]1. The van der Waals surface area contributed by atoms with Crippen molar-refractivity contribution in [2.75, 3.05) is 0 Å². The van der Waals surface area contributed by atoms with Crippen molar-refractivity contribution in [2.24, 2.45) is 0 Å². The second-order valence-corrected chi connectivity index (χ2v) is 4.47. The van der Waals surface area contributed by atoms with Gasteiger partial charge in [0.15, 0.2) is 16.8 Å². The Balaban J connectivity index is 2.11. The summed E-state index contributed by atoms with van der Waals surface area (Å²) in [5, 5.41) is 12.2. The number of nitrogens with one attached hydrogen (secondary N) is 2. The van der Waals surface area contributed by atoms with Crippen molar-refractivity contribution in [3.05, 3.63) is 57.2 Å². The molecule has 102 valence electrons. The molecule has 0 unspecified atom stereocenters. The third-order valence-corrected chi connectivity index (χ3v) is 3.12. The van der Waals surface area contributed by atoms with Crippen LogP contribution in [0.2, 0.25) is 0 Å². The predicted octanol–water partition coefficient (Wildman–Crippen LogP) is 0.321. The van der Waals surface area contributed by atoms with Crippen LogP contribution in [0, 0.1) is 0 Å². The van der Waals surface area contributed by atoms with E-state index < -0.39 is 11.2 Å². The quantitative estimate of drug-likeness (QED) is 0.522. The largest absolute Gasteiger partial charge is 0.327 e. The summed E-state index contributed by atoms with van der Waals surface area (Å²) in [4.78, 5) is 27.8. The Labute approximate surface area is 116 Å². The van der Waals surface area contributed by atoms with Gasteiger partial charge in [0.25, 0.3) is 5.56 Å². The Kier molecular flexibility index (Phi) is 2.25. The highest BCUT2D eigenvalue weighted by atomic mass is 16.2. The second kappa shape index (κ2) is 4.10. The van der Waals surface area contributed by atoms with Crippen LogP contribution in [-0.4, -0.2) is 29.8 Å². The normalized spacial score (nSPS) is 11.2. The number of aromatic nitrogens is 6. The van der Waals surface area contributed by atoms with Gasteiger partial charge in [0.05, 0.1) is 5.69 Å². The monoisotopic (exact) mass is 280 g/mol. The van der Waals surface area contributed by atoms with Crippen LogP contribution in [0.1, 0.15) is 0 Å². The molecule has 0 saturated heterocycles. The maximum absolute atomic E-state index is 11.7. The molecule has 0 amide bonds. The average Bonchev–Trinajstić information content (AvgIpc) is 2.92. The first-order chi connectivity index (χ1) is 10.2. The standard InChI is InChI=1S/C13H8N6O2/c20-12-10-11(14-13(21)15-12)19-9(16-17-10)6-8(18-19)7-4-2-1-3-5-7/h1-6H,(H2,14,15,20,21). The molecule has 4 aromatic rings.